The van der Waals surface area contributed by atoms with Crippen LogP contribution in [-0.2, 0) is 0 Å². The third-order valence-electron chi connectivity index (χ3n) is 2.13. The first-order valence-corrected chi connectivity index (χ1v) is 6.14. The van der Waals surface area contributed by atoms with E-state index in [0.717, 1.165) is 19.3 Å². The maximum atomic E-state index is 11.1. The number of carbonyl (C=O) groups is 1. The fourth-order valence-corrected chi connectivity index (χ4v) is 1.66. The molecule has 0 fully saturated rings. The van der Waals surface area contributed by atoms with Crippen molar-refractivity contribution in [3.8, 4) is 5.75 Å². The topological polar surface area (TPSA) is 26.3 Å². The number of unbranched alkanes of at least 4 members (excludes halogenated alkanes) is 2. The van der Waals surface area contributed by atoms with Crippen LogP contribution in [0, 0.1) is 0 Å². The molecule has 1 aromatic carbocycles. The average molecular weight is 261 g/mol. The smallest absolute Gasteiger partial charge is 0.256 e. The molecule has 0 radical (unpaired) electrons. The molecule has 0 heterocycles. The molecule has 1 rings (SSSR count). The highest BCUT2D eigenvalue weighted by atomic mass is 35.5. The van der Waals surface area contributed by atoms with Crippen molar-refractivity contribution in [1.29, 1.82) is 0 Å². The van der Waals surface area contributed by atoms with E-state index in [1.807, 2.05) is 6.07 Å². The van der Waals surface area contributed by atoms with Gasteiger partial charge in [-0.2, -0.15) is 0 Å². The summed E-state index contributed by atoms with van der Waals surface area (Å²) in [7, 11) is 0. The van der Waals surface area contributed by atoms with Crippen LogP contribution >= 0.6 is 23.2 Å². The highest BCUT2D eigenvalue weighted by Crippen LogP contribution is 2.20. The Morgan fingerprint density at radius 1 is 1.19 bits per heavy atom. The second-order valence-electron chi connectivity index (χ2n) is 3.37. The Balaban J connectivity index is 2.44. The molecule has 0 N–H and O–H groups in total. The number of rotatable bonds is 7. The van der Waals surface area contributed by atoms with Crippen molar-refractivity contribution in [2.45, 2.75) is 19.3 Å². The van der Waals surface area contributed by atoms with Crippen LogP contribution in [0.3, 0.4) is 0 Å². The van der Waals surface area contributed by atoms with Crippen LogP contribution in [0.25, 0.3) is 0 Å². The Morgan fingerprint density at radius 2 is 1.94 bits per heavy atom. The van der Waals surface area contributed by atoms with Crippen molar-refractivity contribution in [1.82, 2.24) is 0 Å². The summed E-state index contributed by atoms with van der Waals surface area (Å²) in [5.74, 6) is 1.23. The number of benzene rings is 1. The molecule has 0 saturated heterocycles. The number of para-hydroxylation sites is 1. The van der Waals surface area contributed by atoms with Crippen LogP contribution in [-0.4, -0.2) is 17.7 Å². The van der Waals surface area contributed by atoms with Gasteiger partial charge >= 0.3 is 0 Å². The van der Waals surface area contributed by atoms with E-state index in [-0.39, 0.29) is 0 Å². The zero-order valence-electron chi connectivity index (χ0n) is 8.92. The zero-order valence-corrected chi connectivity index (χ0v) is 10.4. The summed E-state index contributed by atoms with van der Waals surface area (Å²) >= 11 is 11.0. The summed E-state index contributed by atoms with van der Waals surface area (Å²) in [6.07, 6.45) is 2.94. The summed E-state index contributed by atoms with van der Waals surface area (Å²) in [6, 6.07) is 6.98. The van der Waals surface area contributed by atoms with Crippen LogP contribution < -0.4 is 4.74 Å². The first-order valence-electron chi connectivity index (χ1n) is 5.23. The molecular weight excluding hydrogens is 247 g/mol. The van der Waals surface area contributed by atoms with Gasteiger partial charge in [-0.3, -0.25) is 4.79 Å². The number of halogens is 2. The van der Waals surface area contributed by atoms with Crippen molar-refractivity contribution in [2.24, 2.45) is 0 Å². The summed E-state index contributed by atoms with van der Waals surface area (Å²) in [5.41, 5.74) is 0.418. The largest absolute Gasteiger partial charge is 0.493 e. The van der Waals surface area contributed by atoms with E-state index >= 15 is 0 Å². The fourth-order valence-electron chi connectivity index (χ4n) is 1.31. The second-order valence-corrected chi connectivity index (χ2v) is 4.09. The Labute approximate surface area is 106 Å². The molecule has 0 bridgehead atoms. The predicted molar refractivity (Wildman–Crippen MR) is 66.7 cm³/mol. The normalized spacial score (nSPS) is 10.1. The molecule has 0 aliphatic rings. The van der Waals surface area contributed by atoms with Crippen LogP contribution in [0.15, 0.2) is 24.3 Å². The molecular formula is C12H14Cl2O2. The number of ether oxygens (including phenoxy) is 1. The van der Waals surface area contributed by atoms with Gasteiger partial charge in [-0.15, -0.1) is 11.6 Å². The molecule has 88 valence electrons. The molecule has 16 heavy (non-hydrogen) atoms. The van der Waals surface area contributed by atoms with Crippen molar-refractivity contribution in [3.05, 3.63) is 29.8 Å². The second kappa shape index (κ2) is 7.53. The van der Waals surface area contributed by atoms with Gasteiger partial charge in [0.15, 0.2) is 0 Å². The number of alkyl halides is 1. The molecule has 0 aliphatic carbocycles. The Kier molecular flexibility index (Phi) is 6.27. The van der Waals surface area contributed by atoms with Gasteiger partial charge < -0.3 is 4.74 Å². The van der Waals surface area contributed by atoms with E-state index in [9.17, 15) is 4.79 Å². The highest BCUT2D eigenvalue weighted by Gasteiger charge is 2.08. The van der Waals surface area contributed by atoms with E-state index in [4.69, 9.17) is 27.9 Å². The molecule has 0 unspecified atom stereocenters. The fraction of sp³-hybridized carbons (Fsp3) is 0.417. The minimum Gasteiger partial charge on any atom is -0.493 e. The molecule has 0 aliphatic heterocycles. The summed E-state index contributed by atoms with van der Waals surface area (Å²) < 4.78 is 5.50. The number of hydrogen-bond donors (Lipinski definition) is 0. The van der Waals surface area contributed by atoms with Gasteiger partial charge in [0.1, 0.15) is 5.75 Å². The standard InChI is InChI=1S/C12H14Cl2O2/c13-8-4-1-5-9-16-11-7-3-2-6-10(11)12(14)15/h2-3,6-7H,1,4-5,8-9H2. The van der Waals surface area contributed by atoms with E-state index < -0.39 is 5.24 Å². The maximum Gasteiger partial charge on any atom is 0.256 e. The molecule has 0 spiro atoms. The Bertz CT molecular complexity index is 340. The van der Waals surface area contributed by atoms with Gasteiger partial charge in [-0.05, 0) is 43.0 Å². The van der Waals surface area contributed by atoms with Gasteiger partial charge in [0, 0.05) is 5.88 Å². The van der Waals surface area contributed by atoms with E-state index in [1.54, 1.807) is 18.2 Å². The molecule has 0 aromatic heterocycles. The lowest BCUT2D eigenvalue weighted by Crippen LogP contribution is -2.01. The third-order valence-corrected chi connectivity index (χ3v) is 2.61. The molecule has 0 atom stereocenters. The third kappa shape index (κ3) is 4.42. The van der Waals surface area contributed by atoms with E-state index in [0.29, 0.717) is 23.8 Å². The first-order chi connectivity index (χ1) is 7.75. The zero-order chi connectivity index (χ0) is 11.8. The number of hydrogen-bond acceptors (Lipinski definition) is 2. The van der Waals surface area contributed by atoms with Crippen LogP contribution in [0.4, 0.5) is 0 Å². The minimum absolute atomic E-state index is 0.418. The summed E-state index contributed by atoms with van der Waals surface area (Å²) in [5, 5.41) is -0.489. The van der Waals surface area contributed by atoms with Crippen molar-refractivity contribution >= 4 is 28.4 Å². The molecule has 1 aromatic rings. The number of carbonyl (C=O) groups excluding carboxylic acids is 1. The van der Waals surface area contributed by atoms with Crippen LogP contribution in [0.1, 0.15) is 29.6 Å². The Hall–Kier alpha value is -0.730. The van der Waals surface area contributed by atoms with Gasteiger partial charge in [-0.1, -0.05) is 12.1 Å². The van der Waals surface area contributed by atoms with Crippen LogP contribution in [0.2, 0.25) is 0 Å². The SMILES string of the molecule is O=C(Cl)c1ccccc1OCCCCCCl. The average Bonchev–Trinajstić information content (AvgIpc) is 2.29. The predicted octanol–water partition coefficient (Wildman–Crippen LogP) is 3.85. The summed E-state index contributed by atoms with van der Waals surface area (Å²) in [4.78, 5) is 11.1. The van der Waals surface area contributed by atoms with Gasteiger partial charge in [0.25, 0.3) is 5.24 Å². The van der Waals surface area contributed by atoms with Gasteiger partial charge in [0.05, 0.1) is 12.2 Å². The quantitative estimate of drug-likeness (QED) is 0.423. The lowest BCUT2D eigenvalue weighted by Gasteiger charge is -2.08. The molecule has 2 nitrogen and oxygen atoms in total. The van der Waals surface area contributed by atoms with Crippen molar-refractivity contribution < 1.29 is 9.53 Å². The lowest BCUT2D eigenvalue weighted by molar-refractivity contribution is 0.107. The van der Waals surface area contributed by atoms with Gasteiger partial charge in [-0.25, -0.2) is 0 Å². The molecule has 0 amide bonds. The maximum absolute atomic E-state index is 11.1. The van der Waals surface area contributed by atoms with Crippen molar-refractivity contribution in [3.63, 3.8) is 0 Å². The summed E-state index contributed by atoms with van der Waals surface area (Å²) in [6.45, 7) is 0.581. The van der Waals surface area contributed by atoms with E-state index in [2.05, 4.69) is 0 Å². The van der Waals surface area contributed by atoms with E-state index in [1.165, 1.54) is 0 Å². The van der Waals surface area contributed by atoms with Crippen LogP contribution in [0.5, 0.6) is 5.75 Å². The lowest BCUT2D eigenvalue weighted by atomic mass is 10.2. The Morgan fingerprint density at radius 3 is 2.62 bits per heavy atom. The molecule has 0 saturated carbocycles. The highest BCUT2D eigenvalue weighted by molar-refractivity contribution is 6.68. The molecule has 4 heteroatoms. The monoisotopic (exact) mass is 260 g/mol. The first kappa shape index (κ1) is 13.3. The van der Waals surface area contributed by atoms with Gasteiger partial charge in [0.2, 0.25) is 0 Å². The van der Waals surface area contributed by atoms with Crippen molar-refractivity contribution in [2.75, 3.05) is 12.5 Å². The minimum atomic E-state index is -0.489.